The maximum atomic E-state index is 12.3. The number of hydrogen-bond donors (Lipinski definition) is 2. The standard InChI is InChI=1S/C18H28N2O4S/c1-15-3-5-16(6-4-15)25(22,23)12-7-17(21)20-13-18(14-24-2)8-10-19-11-9-18/h3-6,19H,7-14H2,1-2H3,(H,20,21). The first kappa shape index (κ1) is 19.9. The number of carbonyl (C=O) groups excluding carboxylic acids is 1. The van der Waals surface area contributed by atoms with E-state index in [1.165, 1.54) is 0 Å². The summed E-state index contributed by atoms with van der Waals surface area (Å²) in [6.45, 7) is 4.82. The van der Waals surface area contributed by atoms with Gasteiger partial charge in [-0.1, -0.05) is 17.7 Å². The molecular weight excluding hydrogens is 340 g/mol. The van der Waals surface area contributed by atoms with Gasteiger partial charge in [0.15, 0.2) is 9.84 Å². The number of piperidine rings is 1. The highest BCUT2D eigenvalue weighted by Crippen LogP contribution is 2.28. The lowest BCUT2D eigenvalue weighted by Crippen LogP contribution is -2.47. The summed E-state index contributed by atoms with van der Waals surface area (Å²) in [7, 11) is -1.77. The average Bonchev–Trinajstić information content (AvgIpc) is 2.60. The molecule has 0 aliphatic carbocycles. The average molecular weight is 368 g/mol. The van der Waals surface area contributed by atoms with Crippen molar-refractivity contribution in [2.45, 2.75) is 31.1 Å². The summed E-state index contributed by atoms with van der Waals surface area (Å²) >= 11 is 0. The molecule has 6 nitrogen and oxygen atoms in total. The third-order valence-electron chi connectivity index (χ3n) is 4.75. The van der Waals surface area contributed by atoms with Gasteiger partial charge in [-0.3, -0.25) is 4.79 Å². The number of rotatable bonds is 8. The van der Waals surface area contributed by atoms with Crippen molar-refractivity contribution in [2.75, 3.05) is 39.1 Å². The second-order valence-electron chi connectivity index (χ2n) is 6.84. The van der Waals surface area contributed by atoms with Gasteiger partial charge in [0.2, 0.25) is 5.91 Å². The number of aryl methyl sites for hydroxylation is 1. The Labute approximate surface area is 150 Å². The summed E-state index contributed by atoms with van der Waals surface area (Å²) < 4.78 is 29.9. The number of ether oxygens (including phenoxy) is 1. The molecule has 2 rings (SSSR count). The molecular formula is C18H28N2O4S. The molecule has 7 heteroatoms. The fourth-order valence-corrected chi connectivity index (χ4v) is 4.34. The summed E-state index contributed by atoms with van der Waals surface area (Å²) in [5.41, 5.74) is 0.938. The topological polar surface area (TPSA) is 84.5 Å². The number of hydrogen-bond acceptors (Lipinski definition) is 5. The Kier molecular flexibility index (Phi) is 6.98. The Bertz CT molecular complexity index is 659. The van der Waals surface area contributed by atoms with Crippen molar-refractivity contribution in [1.82, 2.24) is 10.6 Å². The van der Waals surface area contributed by atoms with Gasteiger partial charge in [0, 0.05) is 25.5 Å². The zero-order valence-electron chi connectivity index (χ0n) is 15.0. The van der Waals surface area contributed by atoms with Crippen molar-refractivity contribution >= 4 is 15.7 Å². The minimum atomic E-state index is -3.44. The van der Waals surface area contributed by atoms with Crippen LogP contribution >= 0.6 is 0 Å². The van der Waals surface area contributed by atoms with Gasteiger partial charge in [0.1, 0.15) is 0 Å². The molecule has 2 N–H and O–H groups in total. The number of nitrogens with one attached hydrogen (secondary N) is 2. The second-order valence-corrected chi connectivity index (χ2v) is 8.95. The van der Waals surface area contributed by atoms with E-state index in [-0.39, 0.29) is 28.4 Å². The molecule has 1 aliphatic rings. The van der Waals surface area contributed by atoms with Crippen LogP contribution in [0.4, 0.5) is 0 Å². The van der Waals surface area contributed by atoms with E-state index in [0.717, 1.165) is 31.5 Å². The minimum absolute atomic E-state index is 0.0302. The van der Waals surface area contributed by atoms with Crippen molar-refractivity contribution in [2.24, 2.45) is 5.41 Å². The van der Waals surface area contributed by atoms with Crippen LogP contribution in [0.1, 0.15) is 24.8 Å². The summed E-state index contributed by atoms with van der Waals surface area (Å²) in [4.78, 5) is 12.4. The number of methoxy groups -OCH3 is 1. The molecule has 1 aromatic carbocycles. The molecule has 140 valence electrons. The zero-order chi connectivity index (χ0) is 18.3. The number of benzene rings is 1. The van der Waals surface area contributed by atoms with E-state index >= 15 is 0 Å². The van der Waals surface area contributed by atoms with Crippen LogP contribution in [0.25, 0.3) is 0 Å². The third kappa shape index (κ3) is 5.80. The van der Waals surface area contributed by atoms with Gasteiger partial charge in [0.25, 0.3) is 0 Å². The summed E-state index contributed by atoms with van der Waals surface area (Å²) in [5, 5.41) is 6.21. The third-order valence-corrected chi connectivity index (χ3v) is 6.49. The summed E-state index contributed by atoms with van der Waals surface area (Å²) in [6, 6.07) is 6.70. The van der Waals surface area contributed by atoms with Crippen molar-refractivity contribution in [3.05, 3.63) is 29.8 Å². The largest absolute Gasteiger partial charge is 0.384 e. The van der Waals surface area contributed by atoms with Crippen LogP contribution in [0.2, 0.25) is 0 Å². The van der Waals surface area contributed by atoms with Gasteiger partial charge >= 0.3 is 0 Å². The lowest BCUT2D eigenvalue weighted by Gasteiger charge is -2.37. The van der Waals surface area contributed by atoms with Gasteiger partial charge in [-0.05, 0) is 45.0 Å². The zero-order valence-corrected chi connectivity index (χ0v) is 15.8. The highest BCUT2D eigenvalue weighted by molar-refractivity contribution is 7.91. The minimum Gasteiger partial charge on any atom is -0.384 e. The van der Waals surface area contributed by atoms with E-state index in [9.17, 15) is 13.2 Å². The molecule has 1 saturated heterocycles. The highest BCUT2D eigenvalue weighted by Gasteiger charge is 2.32. The van der Waals surface area contributed by atoms with Gasteiger partial charge in [0.05, 0.1) is 17.3 Å². The van der Waals surface area contributed by atoms with Gasteiger partial charge < -0.3 is 15.4 Å². The second kappa shape index (κ2) is 8.78. The number of sulfone groups is 1. The number of carbonyl (C=O) groups is 1. The van der Waals surface area contributed by atoms with E-state index in [0.29, 0.717) is 13.2 Å². The quantitative estimate of drug-likeness (QED) is 0.722. The van der Waals surface area contributed by atoms with Crippen molar-refractivity contribution in [3.63, 3.8) is 0 Å². The Morgan fingerprint density at radius 1 is 1.24 bits per heavy atom. The van der Waals surface area contributed by atoms with Crippen LogP contribution in [0.15, 0.2) is 29.2 Å². The first-order valence-electron chi connectivity index (χ1n) is 8.63. The number of amides is 1. The van der Waals surface area contributed by atoms with Gasteiger partial charge in [-0.15, -0.1) is 0 Å². The molecule has 1 heterocycles. The molecule has 1 aliphatic heterocycles. The SMILES string of the molecule is COCC1(CNC(=O)CCS(=O)(=O)c2ccc(C)cc2)CCNCC1. The molecule has 1 fully saturated rings. The van der Waals surface area contributed by atoms with E-state index in [4.69, 9.17) is 4.74 Å². The lowest BCUT2D eigenvalue weighted by molar-refractivity contribution is -0.121. The molecule has 0 aromatic heterocycles. The van der Waals surface area contributed by atoms with Gasteiger partial charge in [-0.2, -0.15) is 0 Å². The molecule has 0 unspecified atom stereocenters. The molecule has 0 radical (unpaired) electrons. The van der Waals surface area contributed by atoms with Crippen LogP contribution in [0, 0.1) is 12.3 Å². The van der Waals surface area contributed by atoms with Crippen molar-refractivity contribution in [1.29, 1.82) is 0 Å². The fourth-order valence-electron chi connectivity index (χ4n) is 3.10. The Balaban J connectivity index is 1.86. The molecule has 25 heavy (non-hydrogen) atoms. The molecule has 0 spiro atoms. The van der Waals surface area contributed by atoms with Crippen LogP contribution < -0.4 is 10.6 Å². The van der Waals surface area contributed by atoms with Crippen molar-refractivity contribution < 1.29 is 17.9 Å². The smallest absolute Gasteiger partial charge is 0.221 e. The lowest BCUT2D eigenvalue weighted by atomic mass is 9.79. The normalized spacial score (nSPS) is 17.2. The monoisotopic (exact) mass is 368 g/mol. The fraction of sp³-hybridized carbons (Fsp3) is 0.611. The van der Waals surface area contributed by atoms with E-state index < -0.39 is 9.84 Å². The van der Waals surface area contributed by atoms with Crippen molar-refractivity contribution in [3.8, 4) is 0 Å². The molecule has 0 bridgehead atoms. The van der Waals surface area contributed by atoms with E-state index in [1.54, 1.807) is 31.4 Å². The van der Waals surface area contributed by atoms with Crippen LogP contribution in [-0.4, -0.2) is 53.4 Å². The Hall–Kier alpha value is -1.44. The van der Waals surface area contributed by atoms with Gasteiger partial charge in [-0.25, -0.2) is 8.42 Å². The predicted octanol–water partition coefficient (Wildman–Crippen LogP) is 1.29. The van der Waals surface area contributed by atoms with Crippen LogP contribution in [0.5, 0.6) is 0 Å². The van der Waals surface area contributed by atoms with Crippen LogP contribution in [-0.2, 0) is 19.4 Å². The molecule has 1 aromatic rings. The first-order valence-corrected chi connectivity index (χ1v) is 10.3. The van der Waals surface area contributed by atoms with E-state index in [2.05, 4.69) is 10.6 Å². The Morgan fingerprint density at radius 3 is 2.48 bits per heavy atom. The summed E-state index contributed by atoms with van der Waals surface area (Å²) in [6.07, 6.45) is 1.84. The highest BCUT2D eigenvalue weighted by atomic mass is 32.2. The summed E-state index contributed by atoms with van der Waals surface area (Å²) in [5.74, 6) is -0.412. The first-order chi connectivity index (χ1) is 11.9. The van der Waals surface area contributed by atoms with E-state index in [1.807, 2.05) is 6.92 Å². The predicted molar refractivity (Wildman–Crippen MR) is 97.3 cm³/mol. The molecule has 0 atom stereocenters. The Morgan fingerprint density at radius 2 is 1.88 bits per heavy atom. The maximum Gasteiger partial charge on any atom is 0.221 e. The molecule has 1 amide bonds. The maximum absolute atomic E-state index is 12.3. The molecule has 0 saturated carbocycles. The van der Waals surface area contributed by atoms with Crippen LogP contribution in [0.3, 0.4) is 0 Å².